The fourth-order valence-electron chi connectivity index (χ4n) is 2.62. The van der Waals surface area contributed by atoms with E-state index in [2.05, 4.69) is 10.3 Å². The molecule has 1 N–H and O–H groups in total. The second kappa shape index (κ2) is 7.66. The van der Waals surface area contributed by atoms with E-state index in [4.69, 9.17) is 4.74 Å². The summed E-state index contributed by atoms with van der Waals surface area (Å²) < 4.78 is 5.60. The van der Waals surface area contributed by atoms with Crippen molar-refractivity contribution < 1.29 is 9.53 Å². The van der Waals surface area contributed by atoms with Gasteiger partial charge in [-0.05, 0) is 29.0 Å². The molecule has 1 amide bonds. The Labute approximate surface area is 147 Å². The van der Waals surface area contributed by atoms with E-state index in [0.717, 1.165) is 22.2 Å². The maximum Gasteiger partial charge on any atom is 0.258 e. The molecule has 0 aliphatic carbocycles. The zero-order valence-corrected chi connectivity index (χ0v) is 14.4. The Morgan fingerprint density at radius 1 is 1.08 bits per heavy atom. The third-order valence-corrected chi connectivity index (χ3v) is 3.86. The van der Waals surface area contributed by atoms with Crippen molar-refractivity contribution in [2.24, 2.45) is 0 Å². The number of benzene rings is 2. The summed E-state index contributed by atoms with van der Waals surface area (Å²) in [6.07, 6.45) is 1.74. The largest absolute Gasteiger partial charge is 0.484 e. The molecule has 3 aromatic rings. The van der Waals surface area contributed by atoms with E-state index in [1.165, 1.54) is 0 Å². The fraction of sp³-hybridized carbons (Fsp3) is 0.200. The summed E-state index contributed by atoms with van der Waals surface area (Å²) in [6, 6.07) is 17.7. The van der Waals surface area contributed by atoms with E-state index in [1.807, 2.05) is 73.6 Å². The van der Waals surface area contributed by atoms with Gasteiger partial charge >= 0.3 is 0 Å². The van der Waals surface area contributed by atoms with Gasteiger partial charge in [-0.25, -0.2) is 4.98 Å². The van der Waals surface area contributed by atoms with Gasteiger partial charge in [-0.3, -0.25) is 4.79 Å². The molecule has 0 saturated carbocycles. The van der Waals surface area contributed by atoms with Crippen LogP contribution < -0.4 is 15.0 Å². The molecule has 0 fully saturated rings. The lowest BCUT2D eigenvalue weighted by molar-refractivity contribution is -0.123. The van der Waals surface area contributed by atoms with Crippen LogP contribution in [0.2, 0.25) is 0 Å². The molecule has 2 aromatic carbocycles. The van der Waals surface area contributed by atoms with Crippen molar-refractivity contribution in [3.63, 3.8) is 0 Å². The van der Waals surface area contributed by atoms with E-state index < -0.39 is 0 Å². The minimum atomic E-state index is -0.165. The van der Waals surface area contributed by atoms with Crippen LogP contribution in [0.25, 0.3) is 10.8 Å². The zero-order chi connectivity index (χ0) is 17.6. The second-order valence-corrected chi connectivity index (χ2v) is 5.95. The average molecular weight is 335 g/mol. The number of amides is 1. The van der Waals surface area contributed by atoms with E-state index in [0.29, 0.717) is 12.3 Å². The Bertz CT molecular complexity index is 877. The van der Waals surface area contributed by atoms with Crippen molar-refractivity contribution >= 4 is 22.5 Å². The van der Waals surface area contributed by atoms with Crippen LogP contribution in [0.4, 0.5) is 5.82 Å². The van der Waals surface area contributed by atoms with Gasteiger partial charge in [0.15, 0.2) is 6.61 Å². The van der Waals surface area contributed by atoms with Crippen LogP contribution in [0.15, 0.2) is 60.8 Å². The lowest BCUT2D eigenvalue weighted by Gasteiger charge is -2.16. The smallest absolute Gasteiger partial charge is 0.258 e. The maximum atomic E-state index is 12.1. The molecular weight excluding hydrogens is 314 g/mol. The maximum absolute atomic E-state index is 12.1. The van der Waals surface area contributed by atoms with Gasteiger partial charge in [0, 0.05) is 32.4 Å². The molecule has 0 radical (unpaired) electrons. The monoisotopic (exact) mass is 335 g/mol. The highest BCUT2D eigenvalue weighted by molar-refractivity contribution is 5.84. The number of nitrogens with one attached hydrogen (secondary N) is 1. The Morgan fingerprint density at radius 2 is 1.88 bits per heavy atom. The number of aromatic nitrogens is 1. The van der Waals surface area contributed by atoms with Crippen LogP contribution in [0.5, 0.6) is 5.75 Å². The highest BCUT2D eigenvalue weighted by atomic mass is 16.5. The number of pyridine rings is 1. The number of hydrogen-bond donors (Lipinski definition) is 1. The number of carbonyl (C=O) groups excluding carboxylic acids is 1. The van der Waals surface area contributed by atoms with Gasteiger partial charge in [0.25, 0.3) is 5.91 Å². The number of rotatable bonds is 6. The predicted octanol–water partition coefficient (Wildman–Crippen LogP) is 3.00. The molecular formula is C20H21N3O2. The Morgan fingerprint density at radius 3 is 2.68 bits per heavy atom. The summed E-state index contributed by atoms with van der Waals surface area (Å²) in [5.41, 5.74) is 0.964. The molecule has 0 spiro atoms. The van der Waals surface area contributed by atoms with Gasteiger partial charge in [0.05, 0.1) is 0 Å². The Kier molecular flexibility index (Phi) is 5.14. The molecule has 25 heavy (non-hydrogen) atoms. The van der Waals surface area contributed by atoms with Gasteiger partial charge < -0.3 is 15.0 Å². The predicted molar refractivity (Wildman–Crippen MR) is 99.9 cm³/mol. The molecule has 0 saturated heterocycles. The number of hydrogen-bond acceptors (Lipinski definition) is 4. The zero-order valence-electron chi connectivity index (χ0n) is 14.4. The summed E-state index contributed by atoms with van der Waals surface area (Å²) in [4.78, 5) is 18.3. The molecule has 128 valence electrons. The first-order valence-corrected chi connectivity index (χ1v) is 8.13. The van der Waals surface area contributed by atoms with Crippen molar-refractivity contribution in [2.75, 3.05) is 25.6 Å². The summed E-state index contributed by atoms with van der Waals surface area (Å²) in [5.74, 6) is 1.36. The molecule has 1 heterocycles. The van der Waals surface area contributed by atoms with Gasteiger partial charge in [-0.2, -0.15) is 0 Å². The van der Waals surface area contributed by atoms with Crippen molar-refractivity contribution in [3.05, 3.63) is 66.4 Å². The van der Waals surface area contributed by atoms with Crippen LogP contribution in [0, 0.1) is 0 Å². The summed E-state index contributed by atoms with van der Waals surface area (Å²) in [6.45, 7) is 0.400. The SMILES string of the molecule is CN(C)c1ncccc1CNC(=O)COc1ccc2ccccc2c1. The third-order valence-electron chi connectivity index (χ3n) is 3.86. The van der Waals surface area contributed by atoms with Crippen LogP contribution in [0.1, 0.15) is 5.56 Å². The van der Waals surface area contributed by atoms with E-state index >= 15 is 0 Å². The summed E-state index contributed by atoms with van der Waals surface area (Å²) in [7, 11) is 3.85. The van der Waals surface area contributed by atoms with Crippen molar-refractivity contribution in [3.8, 4) is 5.75 Å². The summed E-state index contributed by atoms with van der Waals surface area (Å²) in [5, 5.41) is 5.11. The topological polar surface area (TPSA) is 54.5 Å². The van der Waals surface area contributed by atoms with E-state index in [-0.39, 0.29) is 12.5 Å². The van der Waals surface area contributed by atoms with Gasteiger partial charge in [0.2, 0.25) is 0 Å². The lowest BCUT2D eigenvalue weighted by Crippen LogP contribution is -2.29. The molecule has 1 aromatic heterocycles. The summed E-state index contributed by atoms with van der Waals surface area (Å²) >= 11 is 0. The first-order valence-electron chi connectivity index (χ1n) is 8.13. The number of carbonyl (C=O) groups is 1. The molecule has 0 unspecified atom stereocenters. The quantitative estimate of drug-likeness (QED) is 0.752. The number of ether oxygens (including phenoxy) is 1. The number of fused-ring (bicyclic) bond motifs is 1. The van der Waals surface area contributed by atoms with Crippen molar-refractivity contribution in [2.45, 2.75) is 6.54 Å². The molecule has 0 atom stereocenters. The second-order valence-electron chi connectivity index (χ2n) is 5.95. The first-order chi connectivity index (χ1) is 12.1. The Hall–Kier alpha value is -3.08. The normalized spacial score (nSPS) is 10.5. The highest BCUT2D eigenvalue weighted by Crippen LogP contribution is 2.20. The molecule has 0 bridgehead atoms. The van der Waals surface area contributed by atoms with E-state index in [9.17, 15) is 4.79 Å². The van der Waals surface area contributed by atoms with Crippen molar-refractivity contribution in [1.82, 2.24) is 10.3 Å². The van der Waals surface area contributed by atoms with Crippen LogP contribution in [-0.2, 0) is 11.3 Å². The van der Waals surface area contributed by atoms with Crippen molar-refractivity contribution in [1.29, 1.82) is 0 Å². The molecule has 5 heteroatoms. The number of nitrogens with zero attached hydrogens (tertiary/aromatic N) is 2. The van der Waals surface area contributed by atoms with E-state index in [1.54, 1.807) is 6.20 Å². The van der Waals surface area contributed by atoms with Gasteiger partial charge in [0.1, 0.15) is 11.6 Å². The molecule has 0 aliphatic rings. The Balaban J connectivity index is 1.56. The highest BCUT2D eigenvalue weighted by Gasteiger charge is 2.08. The first kappa shape index (κ1) is 16.8. The molecule has 0 aliphatic heterocycles. The molecule has 3 rings (SSSR count). The lowest BCUT2D eigenvalue weighted by atomic mass is 10.1. The third kappa shape index (κ3) is 4.26. The minimum absolute atomic E-state index is 0.0180. The van der Waals surface area contributed by atoms with Crippen LogP contribution in [0.3, 0.4) is 0 Å². The van der Waals surface area contributed by atoms with Gasteiger partial charge in [-0.1, -0.05) is 36.4 Å². The number of anilines is 1. The van der Waals surface area contributed by atoms with Crippen LogP contribution in [-0.4, -0.2) is 31.6 Å². The van der Waals surface area contributed by atoms with Gasteiger partial charge in [-0.15, -0.1) is 0 Å². The molecule has 5 nitrogen and oxygen atoms in total. The average Bonchev–Trinajstić information content (AvgIpc) is 2.64. The standard InChI is InChI=1S/C20H21N3O2/c1-23(2)20-17(8-5-11-21-20)13-22-19(24)14-25-18-10-9-15-6-3-4-7-16(15)12-18/h3-12H,13-14H2,1-2H3,(H,22,24). The van der Waals surface area contributed by atoms with Crippen LogP contribution >= 0.6 is 0 Å². The minimum Gasteiger partial charge on any atom is -0.484 e. The fourth-order valence-corrected chi connectivity index (χ4v) is 2.62.